The molecule has 0 N–H and O–H groups in total. The van der Waals surface area contributed by atoms with Crippen LogP contribution in [0.2, 0.25) is 0 Å². The van der Waals surface area contributed by atoms with Crippen molar-refractivity contribution in [2.24, 2.45) is 0 Å². The summed E-state index contributed by atoms with van der Waals surface area (Å²) in [6.45, 7) is 2.40. The molecule has 0 unspecified atom stereocenters. The lowest BCUT2D eigenvalue weighted by molar-refractivity contribution is 0.105. The second-order valence-electron chi connectivity index (χ2n) is 6.07. The molecule has 146 valence electrons. The molecule has 0 fully saturated rings. The molecule has 0 atom stereocenters. The highest BCUT2D eigenvalue weighted by atomic mass is 79.9. The van der Waals surface area contributed by atoms with E-state index in [1.165, 1.54) is 22.3 Å². The third-order valence-corrected chi connectivity index (χ3v) is 6.18. The average molecular weight is 461 g/mol. The van der Waals surface area contributed by atoms with Gasteiger partial charge < -0.3 is 13.9 Å². The van der Waals surface area contributed by atoms with E-state index < -0.39 is 0 Å². The zero-order valence-corrected chi connectivity index (χ0v) is 18.1. The normalized spacial score (nSPS) is 11.1. The van der Waals surface area contributed by atoms with Crippen molar-refractivity contribution in [3.63, 3.8) is 0 Å². The first-order valence-corrected chi connectivity index (χ1v) is 10.6. The van der Waals surface area contributed by atoms with Crippen molar-refractivity contribution in [3.05, 3.63) is 74.3 Å². The summed E-state index contributed by atoms with van der Waals surface area (Å²) in [7, 11) is 1.60. The standard InChI is InChI=1S/C22H21BrO4S/c1-3-6-21-17(23)13-22(28-21)18(24)12-11-15-9-10-16(27-15)14-26-20-8-5-4-7-19(20)25-2/h4-5,7-13H,3,6,14H2,1-2H3/b12-11+. The molecule has 0 saturated heterocycles. The predicted molar refractivity (Wildman–Crippen MR) is 115 cm³/mol. The number of para-hydroxylation sites is 2. The number of rotatable bonds is 9. The van der Waals surface area contributed by atoms with Gasteiger partial charge in [-0.15, -0.1) is 11.3 Å². The summed E-state index contributed by atoms with van der Waals surface area (Å²) in [6, 6.07) is 13.0. The number of benzene rings is 1. The fraction of sp³-hybridized carbons (Fsp3) is 0.227. The molecule has 2 heterocycles. The minimum absolute atomic E-state index is 0.0312. The van der Waals surface area contributed by atoms with Gasteiger partial charge in [-0.2, -0.15) is 0 Å². The molecule has 1 aromatic carbocycles. The Morgan fingerprint density at radius 3 is 2.75 bits per heavy atom. The molecule has 0 aliphatic carbocycles. The number of allylic oxidation sites excluding steroid dienone is 1. The van der Waals surface area contributed by atoms with Crippen LogP contribution in [0.4, 0.5) is 0 Å². The number of furan rings is 1. The number of hydrogen-bond acceptors (Lipinski definition) is 5. The number of aryl methyl sites for hydroxylation is 1. The molecule has 6 heteroatoms. The molecule has 0 aliphatic heterocycles. The Labute approximate surface area is 176 Å². The van der Waals surface area contributed by atoms with Crippen LogP contribution >= 0.6 is 27.3 Å². The Kier molecular flexibility index (Phi) is 7.12. The van der Waals surface area contributed by atoms with Crippen LogP contribution in [0.3, 0.4) is 0 Å². The van der Waals surface area contributed by atoms with Gasteiger partial charge >= 0.3 is 0 Å². The van der Waals surface area contributed by atoms with Crippen LogP contribution in [0.5, 0.6) is 11.5 Å². The van der Waals surface area contributed by atoms with Crippen LogP contribution in [-0.2, 0) is 13.0 Å². The minimum atomic E-state index is -0.0312. The Balaban J connectivity index is 1.60. The third-order valence-electron chi connectivity index (χ3n) is 4.00. The van der Waals surface area contributed by atoms with Gasteiger partial charge in [-0.3, -0.25) is 4.79 Å². The molecule has 0 amide bonds. The summed E-state index contributed by atoms with van der Waals surface area (Å²) in [5, 5.41) is 0. The molecule has 3 rings (SSSR count). The molecule has 0 radical (unpaired) electrons. The van der Waals surface area contributed by atoms with Gasteiger partial charge in [-0.25, -0.2) is 0 Å². The second-order valence-corrected chi connectivity index (χ2v) is 8.06. The quantitative estimate of drug-likeness (QED) is 0.268. The van der Waals surface area contributed by atoms with E-state index in [-0.39, 0.29) is 12.4 Å². The summed E-state index contributed by atoms with van der Waals surface area (Å²) in [5.74, 6) is 2.57. The molecular formula is C22H21BrO4S. The molecule has 0 saturated carbocycles. The highest BCUT2D eigenvalue weighted by Crippen LogP contribution is 2.29. The molecule has 0 bridgehead atoms. The average Bonchev–Trinajstić information content (AvgIpc) is 3.32. The minimum Gasteiger partial charge on any atom is -0.493 e. The van der Waals surface area contributed by atoms with Gasteiger partial charge in [0.25, 0.3) is 0 Å². The molecular weight excluding hydrogens is 440 g/mol. The maximum Gasteiger partial charge on any atom is 0.195 e. The first-order valence-electron chi connectivity index (χ1n) is 8.96. The number of methoxy groups -OCH3 is 1. The van der Waals surface area contributed by atoms with Crippen molar-refractivity contribution in [3.8, 4) is 11.5 Å². The van der Waals surface area contributed by atoms with E-state index in [1.54, 1.807) is 13.2 Å². The largest absolute Gasteiger partial charge is 0.493 e. The number of halogens is 1. The molecule has 28 heavy (non-hydrogen) atoms. The summed E-state index contributed by atoms with van der Waals surface area (Å²) in [6.07, 6.45) is 5.24. The first-order chi connectivity index (χ1) is 13.6. The zero-order chi connectivity index (χ0) is 19.9. The van der Waals surface area contributed by atoms with E-state index >= 15 is 0 Å². The van der Waals surface area contributed by atoms with Crippen molar-refractivity contribution >= 4 is 39.1 Å². The summed E-state index contributed by atoms with van der Waals surface area (Å²) >= 11 is 5.06. The van der Waals surface area contributed by atoms with Gasteiger partial charge in [-0.1, -0.05) is 25.5 Å². The maximum atomic E-state index is 12.4. The highest BCUT2D eigenvalue weighted by molar-refractivity contribution is 9.10. The van der Waals surface area contributed by atoms with Crippen LogP contribution in [-0.4, -0.2) is 12.9 Å². The number of carbonyl (C=O) groups is 1. The fourth-order valence-electron chi connectivity index (χ4n) is 2.61. The van der Waals surface area contributed by atoms with Gasteiger partial charge in [0.1, 0.15) is 18.1 Å². The topological polar surface area (TPSA) is 48.7 Å². The molecule has 4 nitrogen and oxygen atoms in total. The van der Waals surface area contributed by atoms with Crippen molar-refractivity contribution in [2.75, 3.05) is 7.11 Å². The molecule has 0 spiro atoms. The Hall–Kier alpha value is -2.31. The van der Waals surface area contributed by atoms with Gasteiger partial charge in [0, 0.05) is 9.35 Å². The Bertz CT molecular complexity index is 971. The summed E-state index contributed by atoms with van der Waals surface area (Å²) in [5.41, 5.74) is 0. The fourth-order valence-corrected chi connectivity index (χ4v) is 4.51. The van der Waals surface area contributed by atoms with Gasteiger partial charge in [0.2, 0.25) is 0 Å². The van der Waals surface area contributed by atoms with Crippen molar-refractivity contribution < 1.29 is 18.7 Å². The van der Waals surface area contributed by atoms with Crippen molar-refractivity contribution in [2.45, 2.75) is 26.4 Å². The summed E-state index contributed by atoms with van der Waals surface area (Å²) in [4.78, 5) is 14.3. The lowest BCUT2D eigenvalue weighted by Gasteiger charge is -2.08. The van der Waals surface area contributed by atoms with Crippen molar-refractivity contribution in [1.29, 1.82) is 0 Å². The van der Waals surface area contributed by atoms with E-state index in [4.69, 9.17) is 13.9 Å². The van der Waals surface area contributed by atoms with E-state index in [9.17, 15) is 4.79 Å². The van der Waals surface area contributed by atoms with Crippen LogP contribution in [0.1, 0.15) is 39.4 Å². The predicted octanol–water partition coefficient (Wildman–Crippen LogP) is 6.54. The lowest BCUT2D eigenvalue weighted by Crippen LogP contribution is -1.96. The van der Waals surface area contributed by atoms with Crippen LogP contribution in [0, 0.1) is 0 Å². The van der Waals surface area contributed by atoms with Crippen LogP contribution in [0.25, 0.3) is 6.08 Å². The first kappa shape index (κ1) is 20.4. The van der Waals surface area contributed by atoms with Gasteiger partial charge in [0.15, 0.2) is 17.3 Å². The Morgan fingerprint density at radius 2 is 2.00 bits per heavy atom. The van der Waals surface area contributed by atoms with E-state index in [0.717, 1.165) is 22.2 Å². The van der Waals surface area contributed by atoms with Crippen LogP contribution < -0.4 is 9.47 Å². The van der Waals surface area contributed by atoms with E-state index in [1.807, 2.05) is 42.5 Å². The smallest absolute Gasteiger partial charge is 0.195 e. The second kappa shape index (κ2) is 9.75. The number of hydrogen-bond donors (Lipinski definition) is 0. The summed E-state index contributed by atoms with van der Waals surface area (Å²) < 4.78 is 17.7. The van der Waals surface area contributed by atoms with Crippen LogP contribution in [0.15, 0.2) is 57.4 Å². The molecule has 2 aromatic heterocycles. The van der Waals surface area contributed by atoms with E-state index in [2.05, 4.69) is 22.9 Å². The highest BCUT2D eigenvalue weighted by Gasteiger charge is 2.11. The van der Waals surface area contributed by atoms with Gasteiger partial charge in [0.05, 0.1) is 12.0 Å². The molecule has 3 aromatic rings. The Morgan fingerprint density at radius 1 is 1.21 bits per heavy atom. The lowest BCUT2D eigenvalue weighted by atomic mass is 10.2. The maximum absolute atomic E-state index is 12.4. The number of ketones is 1. The zero-order valence-electron chi connectivity index (χ0n) is 15.7. The van der Waals surface area contributed by atoms with E-state index in [0.29, 0.717) is 23.0 Å². The van der Waals surface area contributed by atoms with Gasteiger partial charge in [-0.05, 0) is 64.8 Å². The van der Waals surface area contributed by atoms with Crippen molar-refractivity contribution in [1.82, 2.24) is 0 Å². The number of carbonyl (C=O) groups excluding carboxylic acids is 1. The third kappa shape index (κ3) is 5.14. The number of ether oxygens (including phenoxy) is 2. The number of thiophene rings is 1. The SMILES string of the molecule is CCCc1sc(C(=O)/C=C/c2ccc(COc3ccccc3OC)o2)cc1Br. The molecule has 0 aliphatic rings. The monoisotopic (exact) mass is 460 g/mol.